The third kappa shape index (κ3) is 1.66. The maximum absolute atomic E-state index is 12.4. The second kappa shape index (κ2) is 4.24. The lowest BCUT2D eigenvalue weighted by atomic mass is 10.1. The number of fused-ring (bicyclic) bond motifs is 2. The van der Waals surface area contributed by atoms with Crippen molar-refractivity contribution in [3.8, 4) is 0 Å². The predicted molar refractivity (Wildman–Crippen MR) is 79.3 cm³/mol. The molecule has 0 atom stereocenters. The van der Waals surface area contributed by atoms with Crippen molar-refractivity contribution >= 4 is 28.3 Å². The van der Waals surface area contributed by atoms with Crippen LogP contribution in [0, 0.1) is 0 Å². The molecule has 3 aromatic rings. The van der Waals surface area contributed by atoms with E-state index in [9.17, 15) is 9.59 Å². The normalized spacial score (nSPS) is 13.8. The van der Waals surface area contributed by atoms with Crippen LogP contribution in [0.3, 0.4) is 0 Å². The summed E-state index contributed by atoms with van der Waals surface area (Å²) < 4.78 is 0. The summed E-state index contributed by atoms with van der Waals surface area (Å²) in [7, 11) is 0. The summed E-state index contributed by atoms with van der Waals surface area (Å²) in [5.74, 6) is -0.690. The van der Waals surface area contributed by atoms with Crippen LogP contribution in [0.1, 0.15) is 20.8 Å². The van der Waals surface area contributed by atoms with Gasteiger partial charge in [-0.1, -0.05) is 30.3 Å². The van der Waals surface area contributed by atoms with Crippen LogP contribution in [0.5, 0.6) is 0 Å². The second-order valence-electron chi connectivity index (χ2n) is 4.88. The molecule has 0 spiro atoms. The minimum atomic E-state index is -0.370. The number of benzene rings is 2. The first-order chi connectivity index (χ1) is 10.3. The smallest absolute Gasteiger partial charge is 0.268 e. The van der Waals surface area contributed by atoms with E-state index in [2.05, 4.69) is 4.98 Å². The average Bonchev–Trinajstić information content (AvgIpc) is 2.79. The van der Waals surface area contributed by atoms with E-state index >= 15 is 0 Å². The number of hydrogen-bond donors (Lipinski definition) is 0. The highest BCUT2D eigenvalue weighted by atomic mass is 16.2. The van der Waals surface area contributed by atoms with Gasteiger partial charge >= 0.3 is 0 Å². The summed E-state index contributed by atoms with van der Waals surface area (Å²) in [5.41, 5.74) is 1.15. The van der Waals surface area contributed by atoms with Crippen LogP contribution in [0.2, 0.25) is 0 Å². The fourth-order valence-electron chi connectivity index (χ4n) is 2.62. The number of imide groups is 1. The van der Waals surface area contributed by atoms with Crippen molar-refractivity contribution in [1.29, 1.82) is 0 Å². The van der Waals surface area contributed by atoms with E-state index in [1.165, 1.54) is 11.1 Å². The van der Waals surface area contributed by atoms with E-state index in [0.29, 0.717) is 11.3 Å². The quantitative estimate of drug-likeness (QED) is 0.641. The fraction of sp³-hybridized carbons (Fsp3) is 0. The number of anilines is 1. The summed E-state index contributed by atoms with van der Waals surface area (Å²) in [4.78, 5) is 30.0. The molecule has 0 saturated carbocycles. The molecule has 4 heteroatoms. The Morgan fingerprint density at radius 3 is 2.43 bits per heavy atom. The molecule has 1 aliphatic rings. The lowest BCUT2D eigenvalue weighted by Gasteiger charge is -2.14. The predicted octanol–water partition coefficient (Wildman–Crippen LogP) is 3.04. The Hall–Kier alpha value is -3.01. The number of carbonyl (C=O) groups excluding carboxylic acids is 2. The lowest BCUT2D eigenvalue weighted by molar-refractivity contribution is 0.0925. The van der Waals surface area contributed by atoms with Crippen LogP contribution in [-0.2, 0) is 0 Å². The first kappa shape index (κ1) is 11.8. The molecule has 0 fully saturated rings. The van der Waals surface area contributed by atoms with E-state index < -0.39 is 0 Å². The molecular formula is C17H10N2O2. The minimum absolute atomic E-state index is 0.218. The Labute approximate surface area is 120 Å². The summed E-state index contributed by atoms with van der Waals surface area (Å²) in [5, 5.41) is 2.05. The van der Waals surface area contributed by atoms with E-state index in [4.69, 9.17) is 0 Å². The van der Waals surface area contributed by atoms with Gasteiger partial charge in [-0.3, -0.25) is 14.6 Å². The van der Waals surface area contributed by atoms with Crippen LogP contribution in [0.25, 0.3) is 10.8 Å². The highest BCUT2D eigenvalue weighted by molar-refractivity contribution is 6.33. The first-order valence-electron chi connectivity index (χ1n) is 6.58. The molecule has 0 bridgehead atoms. The molecule has 100 valence electrons. The Morgan fingerprint density at radius 2 is 1.62 bits per heavy atom. The van der Waals surface area contributed by atoms with Gasteiger partial charge in [-0.2, -0.15) is 0 Å². The zero-order valence-electron chi connectivity index (χ0n) is 11.0. The molecule has 2 aromatic carbocycles. The Balaban J connectivity index is 1.86. The molecule has 2 amide bonds. The van der Waals surface area contributed by atoms with E-state index in [-0.39, 0.29) is 17.5 Å². The number of aromatic nitrogens is 1. The topological polar surface area (TPSA) is 50.3 Å². The Bertz CT molecular complexity index is 867. The average molecular weight is 274 g/mol. The second-order valence-corrected chi connectivity index (χ2v) is 4.88. The molecule has 0 radical (unpaired) electrons. The maximum atomic E-state index is 12.4. The Kier molecular flexibility index (Phi) is 2.38. The summed E-state index contributed by atoms with van der Waals surface area (Å²) in [6, 6.07) is 16.6. The van der Waals surface area contributed by atoms with Crippen LogP contribution in [-0.4, -0.2) is 16.8 Å². The number of nitrogens with zero attached hydrogens (tertiary/aromatic N) is 2. The van der Waals surface area contributed by atoms with Crippen molar-refractivity contribution in [3.05, 3.63) is 72.1 Å². The van der Waals surface area contributed by atoms with Crippen molar-refractivity contribution in [2.75, 3.05) is 4.90 Å². The molecule has 1 aliphatic heterocycles. The highest BCUT2D eigenvalue weighted by Crippen LogP contribution is 2.29. The van der Waals surface area contributed by atoms with Gasteiger partial charge in [-0.25, -0.2) is 4.90 Å². The van der Waals surface area contributed by atoms with Gasteiger partial charge in [0, 0.05) is 6.20 Å². The van der Waals surface area contributed by atoms with E-state index in [0.717, 1.165) is 10.8 Å². The van der Waals surface area contributed by atoms with Crippen LogP contribution < -0.4 is 4.90 Å². The molecular weight excluding hydrogens is 264 g/mol. The van der Waals surface area contributed by atoms with Gasteiger partial charge in [0.25, 0.3) is 11.8 Å². The van der Waals surface area contributed by atoms with Crippen LogP contribution in [0.4, 0.5) is 5.69 Å². The molecule has 0 N–H and O–H groups in total. The fourth-order valence-corrected chi connectivity index (χ4v) is 2.62. The molecule has 2 heterocycles. The molecule has 0 aliphatic carbocycles. The standard InChI is InChI=1S/C17H10N2O2/c20-16-14-6-3-9-18-15(14)17(21)19(16)13-8-7-11-4-1-2-5-12(11)10-13/h1-10H. The van der Waals surface area contributed by atoms with Gasteiger partial charge in [-0.15, -0.1) is 0 Å². The number of amides is 2. The summed E-state index contributed by atoms with van der Waals surface area (Å²) in [6.45, 7) is 0. The molecule has 0 unspecified atom stereocenters. The van der Waals surface area contributed by atoms with Crippen LogP contribution in [0.15, 0.2) is 60.8 Å². The summed E-state index contributed by atoms with van der Waals surface area (Å²) >= 11 is 0. The van der Waals surface area contributed by atoms with Gasteiger partial charge in [0.05, 0.1) is 11.3 Å². The number of carbonyl (C=O) groups is 2. The molecule has 0 saturated heterocycles. The van der Waals surface area contributed by atoms with Gasteiger partial charge in [0.2, 0.25) is 0 Å². The zero-order valence-corrected chi connectivity index (χ0v) is 11.0. The van der Waals surface area contributed by atoms with Crippen molar-refractivity contribution in [1.82, 2.24) is 4.98 Å². The third-order valence-electron chi connectivity index (χ3n) is 3.64. The van der Waals surface area contributed by atoms with Crippen molar-refractivity contribution in [2.24, 2.45) is 0 Å². The lowest BCUT2D eigenvalue weighted by Crippen LogP contribution is -2.29. The number of rotatable bonds is 1. The SMILES string of the molecule is O=C1c2cccnc2C(=O)N1c1ccc2ccccc2c1. The zero-order chi connectivity index (χ0) is 14.4. The molecule has 21 heavy (non-hydrogen) atoms. The first-order valence-corrected chi connectivity index (χ1v) is 6.58. The van der Waals surface area contributed by atoms with Gasteiger partial charge in [-0.05, 0) is 35.0 Å². The number of hydrogen-bond acceptors (Lipinski definition) is 3. The van der Waals surface area contributed by atoms with Crippen LogP contribution >= 0.6 is 0 Å². The van der Waals surface area contributed by atoms with Gasteiger partial charge < -0.3 is 0 Å². The molecule has 4 rings (SSSR count). The van der Waals surface area contributed by atoms with E-state index in [1.807, 2.05) is 36.4 Å². The third-order valence-corrected chi connectivity index (χ3v) is 3.64. The highest BCUT2D eigenvalue weighted by Gasteiger charge is 2.37. The minimum Gasteiger partial charge on any atom is -0.268 e. The molecule has 1 aromatic heterocycles. The van der Waals surface area contributed by atoms with Gasteiger partial charge in [0.15, 0.2) is 0 Å². The largest absolute Gasteiger partial charge is 0.284 e. The van der Waals surface area contributed by atoms with Crippen molar-refractivity contribution in [3.63, 3.8) is 0 Å². The Morgan fingerprint density at radius 1 is 0.810 bits per heavy atom. The maximum Gasteiger partial charge on any atom is 0.284 e. The van der Waals surface area contributed by atoms with E-state index in [1.54, 1.807) is 18.2 Å². The van der Waals surface area contributed by atoms with Gasteiger partial charge in [0.1, 0.15) is 5.69 Å². The summed E-state index contributed by atoms with van der Waals surface area (Å²) in [6.07, 6.45) is 1.52. The monoisotopic (exact) mass is 274 g/mol. The van der Waals surface area contributed by atoms with Crippen molar-refractivity contribution in [2.45, 2.75) is 0 Å². The molecule has 4 nitrogen and oxygen atoms in total. The van der Waals surface area contributed by atoms with Crippen molar-refractivity contribution < 1.29 is 9.59 Å². The number of pyridine rings is 1.